The van der Waals surface area contributed by atoms with Crippen LogP contribution in [0.1, 0.15) is 16.1 Å². The number of carbonyl (C=O) groups excluding carboxylic acids is 1. The zero-order valence-electron chi connectivity index (χ0n) is 13.6. The van der Waals surface area contributed by atoms with E-state index < -0.39 is 12.6 Å². The average Bonchev–Trinajstić information content (AvgIpc) is 2.91. The Labute approximate surface area is 164 Å². The Balaban J connectivity index is 1.99. The van der Waals surface area contributed by atoms with Crippen molar-refractivity contribution >= 4 is 46.4 Å². The van der Waals surface area contributed by atoms with Crippen LogP contribution in [0, 0.1) is 0 Å². The largest absolute Gasteiger partial charge is 0.321 e. The Kier molecular flexibility index (Phi) is 5.51. The van der Waals surface area contributed by atoms with E-state index in [4.69, 9.17) is 34.8 Å². The summed E-state index contributed by atoms with van der Waals surface area (Å²) in [6.07, 6.45) is 0. The first-order chi connectivity index (χ1) is 12.4. The van der Waals surface area contributed by atoms with E-state index in [-0.39, 0.29) is 16.4 Å². The van der Waals surface area contributed by atoms with Crippen LogP contribution in [0.4, 0.5) is 10.1 Å². The van der Waals surface area contributed by atoms with E-state index in [9.17, 15) is 9.18 Å². The fourth-order valence-electron chi connectivity index (χ4n) is 2.59. The van der Waals surface area contributed by atoms with Gasteiger partial charge in [0.25, 0.3) is 5.91 Å². The lowest BCUT2D eigenvalue weighted by atomic mass is 10.0. The van der Waals surface area contributed by atoms with Crippen molar-refractivity contribution in [1.82, 2.24) is 9.78 Å². The number of rotatable bonds is 4. The second-order valence-corrected chi connectivity index (χ2v) is 6.67. The number of hydrogen-bond acceptors (Lipinski definition) is 2. The molecular formula is C18H13Cl3FN3O. The van der Waals surface area contributed by atoms with Crippen LogP contribution in [0.25, 0.3) is 11.1 Å². The lowest BCUT2D eigenvalue weighted by Crippen LogP contribution is -2.15. The van der Waals surface area contributed by atoms with Gasteiger partial charge >= 0.3 is 0 Å². The number of halogens is 4. The van der Waals surface area contributed by atoms with Gasteiger partial charge in [-0.3, -0.25) is 9.48 Å². The number of nitrogens with one attached hydrogen (secondary N) is 1. The number of carbonyl (C=O) groups is 1. The molecule has 0 aliphatic carbocycles. The molecule has 4 nitrogen and oxygen atoms in total. The van der Waals surface area contributed by atoms with E-state index in [0.717, 1.165) is 11.1 Å². The highest BCUT2D eigenvalue weighted by atomic mass is 35.5. The molecule has 0 atom stereocenters. The summed E-state index contributed by atoms with van der Waals surface area (Å²) in [5.41, 5.74) is 2.17. The SMILES string of the molecule is Cn1nc(Cl)c(C(=O)Nc2ccccc2-c2ccc(Cl)c(Cl)c2)c1CF. The number of amides is 1. The Morgan fingerprint density at radius 3 is 2.58 bits per heavy atom. The summed E-state index contributed by atoms with van der Waals surface area (Å²) in [6.45, 7) is -0.854. The molecule has 0 fully saturated rings. The summed E-state index contributed by atoms with van der Waals surface area (Å²) in [7, 11) is 1.53. The van der Waals surface area contributed by atoms with Crippen molar-refractivity contribution in [3.63, 3.8) is 0 Å². The van der Waals surface area contributed by atoms with Crippen molar-refractivity contribution < 1.29 is 9.18 Å². The van der Waals surface area contributed by atoms with Gasteiger partial charge in [0.2, 0.25) is 0 Å². The lowest BCUT2D eigenvalue weighted by molar-refractivity contribution is 0.102. The first-order valence-electron chi connectivity index (χ1n) is 7.55. The van der Waals surface area contributed by atoms with E-state index in [1.54, 1.807) is 30.3 Å². The summed E-state index contributed by atoms with van der Waals surface area (Å²) in [5, 5.41) is 7.45. The number of anilines is 1. The van der Waals surface area contributed by atoms with Crippen molar-refractivity contribution in [2.75, 3.05) is 5.32 Å². The Morgan fingerprint density at radius 1 is 1.15 bits per heavy atom. The smallest absolute Gasteiger partial charge is 0.260 e. The summed E-state index contributed by atoms with van der Waals surface area (Å²) < 4.78 is 14.5. The molecule has 0 unspecified atom stereocenters. The van der Waals surface area contributed by atoms with Gasteiger partial charge in [-0.2, -0.15) is 5.10 Å². The van der Waals surface area contributed by atoms with Crippen LogP contribution < -0.4 is 5.32 Å². The topological polar surface area (TPSA) is 46.9 Å². The standard InChI is InChI=1S/C18H13Cl3FN3O/c1-25-15(9-22)16(17(21)24-25)18(26)23-14-5-3-2-4-11(14)10-6-7-12(19)13(20)8-10/h2-8H,9H2,1H3,(H,23,26). The zero-order chi connectivity index (χ0) is 18.8. The van der Waals surface area contributed by atoms with Crippen LogP contribution in [-0.4, -0.2) is 15.7 Å². The molecule has 0 aliphatic heterocycles. The summed E-state index contributed by atoms with van der Waals surface area (Å²) in [4.78, 5) is 12.7. The molecule has 0 bridgehead atoms. The number of benzene rings is 2. The van der Waals surface area contributed by atoms with Gasteiger partial charge in [0, 0.05) is 18.3 Å². The maximum Gasteiger partial charge on any atom is 0.260 e. The summed E-state index contributed by atoms with van der Waals surface area (Å²) >= 11 is 18.0. The second kappa shape index (κ2) is 7.66. The first kappa shape index (κ1) is 18.7. The molecule has 0 saturated heterocycles. The van der Waals surface area contributed by atoms with Gasteiger partial charge in [-0.05, 0) is 23.8 Å². The minimum absolute atomic E-state index is 0.0145. The maximum absolute atomic E-state index is 13.3. The molecule has 1 amide bonds. The minimum atomic E-state index is -0.854. The van der Waals surface area contributed by atoms with E-state index in [0.29, 0.717) is 15.7 Å². The lowest BCUT2D eigenvalue weighted by Gasteiger charge is -2.12. The normalized spacial score (nSPS) is 10.8. The quantitative estimate of drug-likeness (QED) is 0.591. The molecule has 2 aromatic carbocycles. The van der Waals surface area contributed by atoms with Crippen LogP contribution in [-0.2, 0) is 13.7 Å². The number of alkyl halides is 1. The van der Waals surface area contributed by atoms with Crippen LogP contribution >= 0.6 is 34.8 Å². The third-order valence-corrected chi connectivity index (χ3v) is 4.89. The van der Waals surface area contributed by atoms with Crippen LogP contribution in [0.3, 0.4) is 0 Å². The minimum Gasteiger partial charge on any atom is -0.321 e. The summed E-state index contributed by atoms with van der Waals surface area (Å²) in [5.74, 6) is -0.539. The van der Waals surface area contributed by atoms with E-state index in [1.807, 2.05) is 12.1 Å². The van der Waals surface area contributed by atoms with Gasteiger partial charge in [0.05, 0.1) is 15.7 Å². The highest BCUT2D eigenvalue weighted by Crippen LogP contribution is 2.33. The molecule has 0 saturated carbocycles. The molecule has 0 aliphatic rings. The van der Waals surface area contributed by atoms with Gasteiger partial charge in [-0.25, -0.2) is 4.39 Å². The molecule has 3 rings (SSSR count). The zero-order valence-corrected chi connectivity index (χ0v) is 15.8. The van der Waals surface area contributed by atoms with Gasteiger partial charge < -0.3 is 5.32 Å². The van der Waals surface area contributed by atoms with Crippen molar-refractivity contribution in [3.8, 4) is 11.1 Å². The van der Waals surface area contributed by atoms with Gasteiger partial charge in [0.1, 0.15) is 12.2 Å². The van der Waals surface area contributed by atoms with Crippen molar-refractivity contribution in [2.45, 2.75) is 6.67 Å². The van der Waals surface area contributed by atoms with Gasteiger partial charge in [-0.1, -0.05) is 59.1 Å². The van der Waals surface area contributed by atoms with Crippen LogP contribution in [0.5, 0.6) is 0 Å². The number of aromatic nitrogens is 2. The highest BCUT2D eigenvalue weighted by molar-refractivity contribution is 6.42. The molecule has 3 aromatic rings. The van der Waals surface area contributed by atoms with Gasteiger partial charge in [-0.15, -0.1) is 0 Å². The predicted molar refractivity (Wildman–Crippen MR) is 103 cm³/mol. The van der Waals surface area contributed by atoms with Crippen molar-refractivity contribution in [1.29, 1.82) is 0 Å². The Morgan fingerprint density at radius 2 is 1.88 bits per heavy atom. The van der Waals surface area contributed by atoms with Crippen molar-refractivity contribution in [2.24, 2.45) is 7.05 Å². The van der Waals surface area contributed by atoms with E-state index in [2.05, 4.69) is 10.4 Å². The fraction of sp³-hybridized carbons (Fsp3) is 0.111. The fourth-order valence-corrected chi connectivity index (χ4v) is 3.20. The number of aryl methyl sites for hydroxylation is 1. The number of para-hydroxylation sites is 1. The molecule has 134 valence electrons. The molecule has 26 heavy (non-hydrogen) atoms. The van der Waals surface area contributed by atoms with Crippen molar-refractivity contribution in [3.05, 3.63) is 68.9 Å². The molecular weight excluding hydrogens is 400 g/mol. The Bertz CT molecular complexity index is 988. The molecule has 1 heterocycles. The first-order valence-corrected chi connectivity index (χ1v) is 8.69. The van der Waals surface area contributed by atoms with E-state index in [1.165, 1.54) is 11.7 Å². The second-order valence-electron chi connectivity index (χ2n) is 5.50. The van der Waals surface area contributed by atoms with Crippen LogP contribution in [0.15, 0.2) is 42.5 Å². The maximum atomic E-state index is 13.3. The highest BCUT2D eigenvalue weighted by Gasteiger charge is 2.22. The number of hydrogen-bond donors (Lipinski definition) is 1. The van der Waals surface area contributed by atoms with Gasteiger partial charge in [0.15, 0.2) is 5.15 Å². The molecule has 1 N–H and O–H groups in total. The third kappa shape index (κ3) is 3.56. The molecule has 0 spiro atoms. The third-order valence-electron chi connectivity index (χ3n) is 3.88. The Hall–Kier alpha value is -2.08. The summed E-state index contributed by atoms with van der Waals surface area (Å²) in [6, 6.07) is 12.3. The molecule has 0 radical (unpaired) electrons. The van der Waals surface area contributed by atoms with E-state index >= 15 is 0 Å². The number of nitrogens with zero attached hydrogens (tertiary/aromatic N) is 2. The van der Waals surface area contributed by atoms with Crippen LogP contribution in [0.2, 0.25) is 15.2 Å². The molecule has 1 aromatic heterocycles. The molecule has 8 heteroatoms. The predicted octanol–water partition coefficient (Wildman–Crippen LogP) is 5.77. The monoisotopic (exact) mass is 411 g/mol. The average molecular weight is 413 g/mol.